The minimum absolute atomic E-state index is 0.0283. The van der Waals surface area contributed by atoms with Gasteiger partial charge in [0.05, 0.1) is 4.90 Å². The summed E-state index contributed by atoms with van der Waals surface area (Å²) < 4.78 is 28.3. The number of amides is 1. The smallest absolute Gasteiger partial charge is 0.263 e. The molecule has 5 nitrogen and oxygen atoms in total. The van der Waals surface area contributed by atoms with Crippen LogP contribution < -0.4 is 4.74 Å². The van der Waals surface area contributed by atoms with Gasteiger partial charge in [0.1, 0.15) is 5.75 Å². The van der Waals surface area contributed by atoms with Crippen molar-refractivity contribution in [2.75, 3.05) is 13.1 Å². The van der Waals surface area contributed by atoms with E-state index in [-0.39, 0.29) is 10.8 Å². The molecule has 1 aromatic carbocycles. The summed E-state index contributed by atoms with van der Waals surface area (Å²) in [7, 11) is 1.56. The second kappa shape index (κ2) is 6.23. The highest BCUT2D eigenvalue weighted by atomic mass is 35.7. The molecule has 21 heavy (non-hydrogen) atoms. The number of ether oxygens (including phenoxy) is 1. The molecule has 0 bridgehead atoms. The Balaban J connectivity index is 2.18. The van der Waals surface area contributed by atoms with Gasteiger partial charge in [-0.2, -0.15) is 0 Å². The zero-order valence-corrected chi connectivity index (χ0v) is 13.6. The van der Waals surface area contributed by atoms with E-state index in [1.165, 1.54) is 12.1 Å². The van der Waals surface area contributed by atoms with Crippen LogP contribution in [-0.2, 0) is 20.3 Å². The Bertz CT molecular complexity index is 644. The second-order valence-electron chi connectivity index (χ2n) is 4.94. The van der Waals surface area contributed by atoms with Gasteiger partial charge in [0, 0.05) is 30.2 Å². The molecule has 0 spiro atoms. The van der Waals surface area contributed by atoms with E-state index >= 15 is 0 Å². The zero-order valence-electron chi connectivity index (χ0n) is 12.0. The fourth-order valence-corrected chi connectivity index (χ4v) is 3.21. The van der Waals surface area contributed by atoms with Crippen molar-refractivity contribution in [3.63, 3.8) is 0 Å². The first kappa shape index (κ1) is 16.1. The Morgan fingerprint density at radius 1 is 1.43 bits per heavy atom. The molecule has 0 radical (unpaired) electrons. The minimum atomic E-state index is -3.77. The molecule has 1 aliphatic rings. The molecule has 0 saturated carbocycles. The van der Waals surface area contributed by atoms with Gasteiger partial charge in [0.2, 0.25) is 0 Å². The van der Waals surface area contributed by atoms with Crippen molar-refractivity contribution < 1.29 is 17.9 Å². The first-order chi connectivity index (χ1) is 9.86. The Hall–Kier alpha value is -1.27. The first-order valence-electron chi connectivity index (χ1n) is 6.89. The maximum atomic E-state index is 12.4. The summed E-state index contributed by atoms with van der Waals surface area (Å²) in [6.07, 6.45) is 0.669. The highest BCUT2D eigenvalue weighted by Crippen LogP contribution is 2.32. The van der Waals surface area contributed by atoms with Crippen LogP contribution in [0.4, 0.5) is 0 Å². The topological polar surface area (TPSA) is 63.7 Å². The van der Waals surface area contributed by atoms with Crippen LogP contribution in [0.15, 0.2) is 23.1 Å². The van der Waals surface area contributed by atoms with Crippen molar-refractivity contribution in [3.05, 3.63) is 23.8 Å². The molecule has 1 unspecified atom stereocenters. The number of benzene rings is 1. The number of hydrogen-bond acceptors (Lipinski definition) is 4. The second-order valence-corrected chi connectivity index (χ2v) is 7.50. The summed E-state index contributed by atoms with van der Waals surface area (Å²) in [5.74, 6) is 0.482. The number of halogens is 1. The van der Waals surface area contributed by atoms with E-state index in [1.54, 1.807) is 11.0 Å². The van der Waals surface area contributed by atoms with Gasteiger partial charge in [-0.15, -0.1) is 0 Å². The van der Waals surface area contributed by atoms with Crippen LogP contribution >= 0.6 is 10.7 Å². The fourth-order valence-electron chi connectivity index (χ4n) is 2.41. The highest BCUT2D eigenvalue weighted by molar-refractivity contribution is 8.13. The third-order valence-corrected chi connectivity index (χ3v) is 4.80. The molecule has 1 aromatic rings. The van der Waals surface area contributed by atoms with Crippen LogP contribution in [0.3, 0.4) is 0 Å². The Kier molecular flexibility index (Phi) is 4.78. The van der Waals surface area contributed by atoms with Crippen molar-refractivity contribution in [3.8, 4) is 5.75 Å². The lowest BCUT2D eigenvalue weighted by Crippen LogP contribution is -2.41. The van der Waals surface area contributed by atoms with Crippen LogP contribution in [0.25, 0.3) is 0 Å². The van der Waals surface area contributed by atoms with Gasteiger partial charge in [0.15, 0.2) is 6.10 Å². The fraction of sp³-hybridized carbons (Fsp3) is 0.500. The van der Waals surface area contributed by atoms with Gasteiger partial charge < -0.3 is 9.64 Å². The monoisotopic (exact) mass is 331 g/mol. The molecule has 1 heterocycles. The summed E-state index contributed by atoms with van der Waals surface area (Å²) in [6.45, 7) is 5.25. The third kappa shape index (κ3) is 3.49. The van der Waals surface area contributed by atoms with Gasteiger partial charge in [-0.3, -0.25) is 4.79 Å². The summed E-state index contributed by atoms with van der Waals surface area (Å²) in [5.41, 5.74) is 0.697. The van der Waals surface area contributed by atoms with Gasteiger partial charge >= 0.3 is 0 Å². The van der Waals surface area contributed by atoms with Crippen molar-refractivity contribution in [1.29, 1.82) is 0 Å². The van der Waals surface area contributed by atoms with Crippen molar-refractivity contribution in [1.82, 2.24) is 4.90 Å². The van der Waals surface area contributed by atoms with Gasteiger partial charge in [-0.25, -0.2) is 8.42 Å². The highest BCUT2D eigenvalue weighted by Gasteiger charge is 2.32. The normalized spacial score (nSPS) is 17.2. The molecule has 2 rings (SSSR count). The van der Waals surface area contributed by atoms with E-state index in [4.69, 9.17) is 15.4 Å². The van der Waals surface area contributed by atoms with E-state index in [0.29, 0.717) is 30.8 Å². The Labute approximate surface area is 129 Å². The van der Waals surface area contributed by atoms with Crippen LogP contribution in [0, 0.1) is 0 Å². The molecule has 0 fully saturated rings. The predicted octanol–water partition coefficient (Wildman–Crippen LogP) is 2.18. The molecule has 7 heteroatoms. The maximum Gasteiger partial charge on any atom is 0.263 e. The van der Waals surface area contributed by atoms with E-state index in [9.17, 15) is 13.2 Å². The SMILES string of the molecule is CCCN(CC)C(=O)C1Cc2cc(S(=O)(=O)Cl)ccc2O1. The molecular weight excluding hydrogens is 314 g/mol. The Morgan fingerprint density at radius 3 is 2.71 bits per heavy atom. The molecule has 1 aliphatic heterocycles. The molecule has 0 saturated heterocycles. The lowest BCUT2D eigenvalue weighted by atomic mass is 10.1. The first-order valence-corrected chi connectivity index (χ1v) is 9.20. The number of rotatable bonds is 5. The molecule has 0 aromatic heterocycles. The molecule has 116 valence electrons. The number of nitrogens with zero attached hydrogens (tertiary/aromatic N) is 1. The quantitative estimate of drug-likeness (QED) is 0.776. The van der Waals surface area contributed by atoms with Crippen molar-refractivity contribution >= 4 is 25.6 Å². The summed E-state index contributed by atoms with van der Waals surface area (Å²) in [4.78, 5) is 14.1. The van der Waals surface area contributed by atoms with Gasteiger partial charge in [0.25, 0.3) is 15.0 Å². The van der Waals surface area contributed by atoms with Crippen LogP contribution in [-0.4, -0.2) is 38.4 Å². The standard InChI is InChI=1S/C14H18ClNO4S/c1-3-7-16(4-2)14(17)13-9-10-8-11(21(15,18)19)5-6-12(10)20-13/h5-6,8,13H,3-4,7,9H2,1-2H3. The van der Waals surface area contributed by atoms with Gasteiger partial charge in [-0.05, 0) is 37.1 Å². The molecule has 1 amide bonds. The molecule has 0 N–H and O–H groups in total. The number of carbonyl (C=O) groups excluding carboxylic acids is 1. The van der Waals surface area contributed by atoms with E-state index in [1.807, 2.05) is 13.8 Å². The van der Waals surface area contributed by atoms with Crippen LogP contribution in [0.2, 0.25) is 0 Å². The Morgan fingerprint density at radius 2 is 2.14 bits per heavy atom. The maximum absolute atomic E-state index is 12.4. The van der Waals surface area contributed by atoms with Crippen LogP contribution in [0.1, 0.15) is 25.8 Å². The number of hydrogen-bond donors (Lipinski definition) is 0. The van der Waals surface area contributed by atoms with E-state index in [2.05, 4.69) is 0 Å². The summed E-state index contributed by atoms with van der Waals surface area (Å²) in [5, 5.41) is 0. The lowest BCUT2D eigenvalue weighted by molar-refractivity contribution is -0.137. The van der Waals surface area contributed by atoms with E-state index < -0.39 is 15.2 Å². The average molecular weight is 332 g/mol. The largest absolute Gasteiger partial charge is 0.480 e. The minimum Gasteiger partial charge on any atom is -0.480 e. The zero-order chi connectivity index (χ0) is 15.6. The van der Waals surface area contributed by atoms with Gasteiger partial charge in [-0.1, -0.05) is 6.92 Å². The average Bonchev–Trinajstić information content (AvgIpc) is 2.85. The molecule has 1 atom stereocenters. The lowest BCUT2D eigenvalue weighted by Gasteiger charge is -2.23. The van der Waals surface area contributed by atoms with E-state index in [0.717, 1.165) is 6.42 Å². The number of carbonyl (C=O) groups is 1. The summed E-state index contributed by atoms with van der Waals surface area (Å²) in [6, 6.07) is 4.41. The van der Waals surface area contributed by atoms with Crippen LogP contribution in [0.5, 0.6) is 5.75 Å². The van der Waals surface area contributed by atoms with Crippen molar-refractivity contribution in [2.45, 2.75) is 37.7 Å². The third-order valence-electron chi connectivity index (χ3n) is 3.45. The summed E-state index contributed by atoms with van der Waals surface area (Å²) >= 11 is 0. The number of likely N-dealkylation sites (N-methyl/N-ethyl adjacent to an activating group) is 1. The molecule has 0 aliphatic carbocycles. The predicted molar refractivity (Wildman–Crippen MR) is 80.1 cm³/mol. The van der Waals surface area contributed by atoms with Crippen molar-refractivity contribution in [2.24, 2.45) is 0 Å². The number of fused-ring (bicyclic) bond motifs is 1. The molecular formula is C14H18ClNO4S.